The summed E-state index contributed by atoms with van der Waals surface area (Å²) >= 11 is 3.40. The van der Waals surface area contributed by atoms with Gasteiger partial charge in [0.1, 0.15) is 6.04 Å². The summed E-state index contributed by atoms with van der Waals surface area (Å²) in [4.78, 5) is 35.7. The number of rotatable bonds is 10. The lowest BCUT2D eigenvalue weighted by atomic mass is 9.91. The van der Waals surface area contributed by atoms with E-state index in [0.717, 1.165) is 17.2 Å². The van der Waals surface area contributed by atoms with E-state index >= 15 is 0 Å². The number of nitrogens with one attached hydrogen (secondary N) is 3. The topological polar surface area (TPSA) is 113 Å². The van der Waals surface area contributed by atoms with Gasteiger partial charge in [-0.2, -0.15) is 11.8 Å². The van der Waals surface area contributed by atoms with Crippen LogP contribution in [0.25, 0.3) is 0 Å². The molecule has 1 heterocycles. The molecule has 0 aromatic heterocycles. The number of hydrogen-bond acceptors (Lipinski definition) is 7. The quantitative estimate of drug-likeness (QED) is 0.333. The number of nitrogens with zero attached hydrogens (tertiary/aromatic N) is 1. The summed E-state index contributed by atoms with van der Waals surface area (Å²) < 4.78 is 0. The van der Waals surface area contributed by atoms with Gasteiger partial charge in [0, 0.05) is 36.1 Å². The van der Waals surface area contributed by atoms with Crippen molar-refractivity contribution < 1.29 is 14.5 Å². The number of hydrogen-bond donors (Lipinski definition) is 3. The van der Waals surface area contributed by atoms with Gasteiger partial charge < -0.3 is 10.6 Å². The molecule has 2 aliphatic rings. The third kappa shape index (κ3) is 8.46. The highest BCUT2D eigenvalue weighted by Crippen LogP contribution is 2.27. The Kier molecular flexibility index (Phi) is 11.6. The van der Waals surface area contributed by atoms with Gasteiger partial charge in [-0.3, -0.25) is 25.0 Å². The van der Waals surface area contributed by atoms with Crippen molar-refractivity contribution in [1.29, 1.82) is 0 Å². The van der Waals surface area contributed by atoms with Crippen LogP contribution in [0.2, 0.25) is 0 Å². The van der Waals surface area contributed by atoms with Crippen molar-refractivity contribution in [3.05, 3.63) is 39.9 Å². The fourth-order valence-corrected chi connectivity index (χ4v) is 5.99. The van der Waals surface area contributed by atoms with Gasteiger partial charge in [0.2, 0.25) is 11.8 Å². The molecule has 2 fully saturated rings. The van der Waals surface area contributed by atoms with Gasteiger partial charge in [0.15, 0.2) is 0 Å². The van der Waals surface area contributed by atoms with Crippen molar-refractivity contribution >= 4 is 53.4 Å². The van der Waals surface area contributed by atoms with Crippen molar-refractivity contribution in [2.24, 2.45) is 5.92 Å². The van der Waals surface area contributed by atoms with Crippen molar-refractivity contribution in [3.63, 3.8) is 0 Å². The Bertz CT molecular complexity index is 757. The number of halogens is 1. The van der Waals surface area contributed by atoms with E-state index in [9.17, 15) is 19.7 Å². The number of benzene rings is 1. The number of carbonyl (C=O) groups excluding carboxylic acids is 2. The number of carbonyl (C=O) groups is 2. The fourth-order valence-electron chi connectivity index (χ4n) is 3.77. The fraction of sp³-hybridized carbons (Fsp3) is 0.619. The molecule has 32 heavy (non-hydrogen) atoms. The van der Waals surface area contributed by atoms with Gasteiger partial charge in [-0.1, -0.05) is 31.4 Å². The Balaban J connectivity index is 0.00000363. The highest BCUT2D eigenvalue weighted by Gasteiger charge is 2.28. The molecule has 2 amide bonds. The van der Waals surface area contributed by atoms with Crippen LogP contribution in [0.15, 0.2) is 24.3 Å². The minimum Gasteiger partial charge on any atom is -0.350 e. The first-order valence-electron chi connectivity index (χ1n) is 10.7. The second kappa shape index (κ2) is 13.9. The number of nitro benzene ring substituents is 1. The van der Waals surface area contributed by atoms with Crippen LogP contribution >= 0.6 is 35.9 Å². The minimum absolute atomic E-state index is 0. The van der Waals surface area contributed by atoms with E-state index in [4.69, 9.17) is 0 Å². The molecule has 0 radical (unpaired) electrons. The molecule has 1 aromatic carbocycles. The molecule has 3 rings (SSSR count). The summed E-state index contributed by atoms with van der Waals surface area (Å²) in [6.07, 6.45) is 6.38. The number of non-ortho nitro benzene ring substituents is 1. The second-order valence-corrected chi connectivity index (χ2v) is 10.1. The van der Waals surface area contributed by atoms with Crippen LogP contribution in [0.5, 0.6) is 0 Å². The molecule has 1 saturated carbocycles. The van der Waals surface area contributed by atoms with Crippen LogP contribution in [-0.2, 0) is 16.1 Å². The summed E-state index contributed by atoms with van der Waals surface area (Å²) in [6.45, 7) is 0.258. The molecular formula is C21H31ClN4O4S2. The molecule has 3 N–H and O–H groups in total. The van der Waals surface area contributed by atoms with Crippen LogP contribution in [0, 0.1) is 16.0 Å². The van der Waals surface area contributed by atoms with Crippen LogP contribution in [0.3, 0.4) is 0 Å². The molecule has 0 spiro atoms. The summed E-state index contributed by atoms with van der Waals surface area (Å²) in [7, 11) is 0. The van der Waals surface area contributed by atoms with E-state index in [0.29, 0.717) is 17.4 Å². The molecule has 1 aromatic rings. The van der Waals surface area contributed by atoms with E-state index in [1.54, 1.807) is 35.7 Å². The Hall–Kier alpha value is -1.49. The average molecular weight is 503 g/mol. The smallest absolute Gasteiger partial charge is 0.269 e. The zero-order valence-corrected chi connectivity index (χ0v) is 20.4. The SMILES string of the molecule is Cl.O=C(N[C@@H](CSCC1CCCCC1)C(=O)NCc1ccc([N+](=O)[O-])cc1)[C@@H]1CSCN1. The van der Waals surface area contributed by atoms with Gasteiger partial charge in [0.05, 0.1) is 11.0 Å². The molecular weight excluding hydrogens is 472 g/mol. The first-order valence-corrected chi connectivity index (χ1v) is 13.0. The molecule has 11 heteroatoms. The van der Waals surface area contributed by atoms with Crippen molar-refractivity contribution in [2.75, 3.05) is 23.1 Å². The Morgan fingerprint density at radius 2 is 1.94 bits per heavy atom. The Morgan fingerprint density at radius 1 is 1.22 bits per heavy atom. The Labute approximate surface area is 203 Å². The van der Waals surface area contributed by atoms with Crippen LogP contribution in [-0.4, -0.2) is 52.0 Å². The molecule has 1 aliphatic heterocycles. The van der Waals surface area contributed by atoms with Gasteiger partial charge in [0.25, 0.3) is 5.69 Å². The molecule has 0 bridgehead atoms. The molecule has 178 valence electrons. The highest BCUT2D eigenvalue weighted by atomic mass is 35.5. The zero-order valence-electron chi connectivity index (χ0n) is 17.9. The van der Waals surface area contributed by atoms with Crippen molar-refractivity contribution in [2.45, 2.75) is 50.7 Å². The minimum atomic E-state index is -0.605. The molecule has 1 aliphatic carbocycles. The summed E-state index contributed by atoms with van der Waals surface area (Å²) in [6, 6.07) is 5.23. The van der Waals surface area contributed by atoms with E-state index in [-0.39, 0.29) is 42.5 Å². The van der Waals surface area contributed by atoms with E-state index in [1.807, 2.05) is 0 Å². The monoisotopic (exact) mass is 502 g/mol. The second-order valence-electron chi connectivity index (χ2n) is 8.02. The zero-order chi connectivity index (χ0) is 22.1. The van der Waals surface area contributed by atoms with Gasteiger partial charge in [-0.25, -0.2) is 0 Å². The maximum absolute atomic E-state index is 12.9. The largest absolute Gasteiger partial charge is 0.350 e. The standard InChI is InChI=1S/C21H30N4O4S2.ClH/c26-20(22-10-15-6-8-17(9-7-15)25(28)29)19(24-21(27)18-12-31-14-23-18)13-30-11-16-4-2-1-3-5-16;/h6-9,16,18-19,23H,1-5,10-14H2,(H,22,26)(H,24,27);1H/t18-,19-;/m0./s1. The van der Waals surface area contributed by atoms with Crippen LogP contribution < -0.4 is 16.0 Å². The van der Waals surface area contributed by atoms with Crippen molar-refractivity contribution in [3.8, 4) is 0 Å². The third-order valence-electron chi connectivity index (χ3n) is 5.64. The maximum atomic E-state index is 12.9. The molecule has 2 atom stereocenters. The third-order valence-corrected chi connectivity index (χ3v) is 7.86. The van der Waals surface area contributed by atoms with E-state index in [1.165, 1.54) is 44.2 Å². The highest BCUT2D eigenvalue weighted by molar-refractivity contribution is 7.99. The maximum Gasteiger partial charge on any atom is 0.269 e. The predicted molar refractivity (Wildman–Crippen MR) is 132 cm³/mol. The first-order chi connectivity index (χ1) is 15.0. The van der Waals surface area contributed by atoms with Gasteiger partial charge in [-0.15, -0.1) is 24.2 Å². The lowest BCUT2D eigenvalue weighted by Crippen LogP contribution is -2.53. The van der Waals surface area contributed by atoms with Crippen LogP contribution in [0.1, 0.15) is 37.7 Å². The van der Waals surface area contributed by atoms with Crippen molar-refractivity contribution in [1.82, 2.24) is 16.0 Å². The van der Waals surface area contributed by atoms with E-state index < -0.39 is 11.0 Å². The molecule has 8 nitrogen and oxygen atoms in total. The average Bonchev–Trinajstić information content (AvgIpc) is 3.33. The lowest BCUT2D eigenvalue weighted by molar-refractivity contribution is -0.384. The predicted octanol–water partition coefficient (Wildman–Crippen LogP) is 3.09. The lowest BCUT2D eigenvalue weighted by Gasteiger charge is -2.23. The van der Waals surface area contributed by atoms with Gasteiger partial charge >= 0.3 is 0 Å². The summed E-state index contributed by atoms with van der Waals surface area (Å²) in [5.74, 6) is 3.33. The normalized spacial score (nSPS) is 19.6. The van der Waals surface area contributed by atoms with Crippen LogP contribution in [0.4, 0.5) is 5.69 Å². The molecule has 1 saturated heterocycles. The number of nitro groups is 1. The summed E-state index contributed by atoms with van der Waals surface area (Å²) in [5, 5.41) is 19.7. The number of amides is 2. The molecule has 0 unspecified atom stereocenters. The Morgan fingerprint density at radius 3 is 2.56 bits per heavy atom. The van der Waals surface area contributed by atoms with E-state index in [2.05, 4.69) is 16.0 Å². The van der Waals surface area contributed by atoms with Gasteiger partial charge in [-0.05, 0) is 30.1 Å². The first kappa shape index (κ1) is 26.8. The summed E-state index contributed by atoms with van der Waals surface area (Å²) in [5.41, 5.74) is 0.786. The number of thioether (sulfide) groups is 2.